The summed E-state index contributed by atoms with van der Waals surface area (Å²) in [7, 11) is 0. The molecule has 0 rings (SSSR count). The summed E-state index contributed by atoms with van der Waals surface area (Å²) in [4.78, 5) is 0. The van der Waals surface area contributed by atoms with Crippen LogP contribution in [0.5, 0.6) is 0 Å². The second-order valence-corrected chi connectivity index (χ2v) is 1.90. The molecule has 0 heteroatoms. The van der Waals surface area contributed by atoms with Crippen LogP contribution in [0.1, 0.15) is 33.1 Å². The van der Waals surface area contributed by atoms with Crippen molar-refractivity contribution in [3.8, 4) is 0 Å². The monoisotopic (exact) mass is 111 g/mol. The van der Waals surface area contributed by atoms with Crippen LogP contribution < -0.4 is 0 Å². The molecule has 1 radical (unpaired) electrons. The molecule has 8 heavy (non-hydrogen) atoms. The van der Waals surface area contributed by atoms with Crippen molar-refractivity contribution in [2.45, 2.75) is 33.1 Å². The van der Waals surface area contributed by atoms with Gasteiger partial charge in [-0.2, -0.15) is 0 Å². The Morgan fingerprint density at radius 3 is 2.62 bits per heavy atom. The van der Waals surface area contributed by atoms with Crippen LogP contribution in [-0.4, -0.2) is 0 Å². The predicted molar refractivity (Wildman–Crippen MR) is 38.6 cm³/mol. The largest absolute Gasteiger partial charge is 0.0914 e. The zero-order valence-electron chi connectivity index (χ0n) is 5.85. The van der Waals surface area contributed by atoms with E-state index in [1.165, 1.54) is 19.3 Å². The van der Waals surface area contributed by atoms with Crippen molar-refractivity contribution >= 4 is 0 Å². The smallest absolute Gasteiger partial charge is 0.0171 e. The van der Waals surface area contributed by atoms with Crippen LogP contribution >= 0.6 is 0 Å². The zero-order valence-corrected chi connectivity index (χ0v) is 5.85. The number of hydrogen-bond acceptors (Lipinski definition) is 0. The molecule has 0 aliphatic heterocycles. The maximum atomic E-state index is 2.21. The molecule has 47 valence electrons. The van der Waals surface area contributed by atoms with Crippen LogP contribution in [0.2, 0.25) is 0 Å². The Balaban J connectivity index is 2.72. The van der Waals surface area contributed by atoms with E-state index in [-0.39, 0.29) is 0 Å². The summed E-state index contributed by atoms with van der Waals surface area (Å²) in [6.07, 6.45) is 10.2. The van der Waals surface area contributed by atoms with Crippen molar-refractivity contribution in [1.29, 1.82) is 0 Å². The van der Waals surface area contributed by atoms with E-state index in [9.17, 15) is 0 Å². The third kappa shape index (κ3) is 5.74. The molecule has 0 saturated carbocycles. The predicted octanol–water partition coefficient (Wildman–Crippen LogP) is 2.96. The summed E-state index contributed by atoms with van der Waals surface area (Å²) in [5.74, 6) is 0. The van der Waals surface area contributed by atoms with E-state index >= 15 is 0 Å². The molecule has 0 fully saturated rings. The molecular weight excluding hydrogens is 96.1 g/mol. The van der Waals surface area contributed by atoms with E-state index in [0.29, 0.717) is 0 Å². The lowest BCUT2D eigenvalue weighted by molar-refractivity contribution is 0.795. The van der Waals surface area contributed by atoms with E-state index in [1.54, 1.807) is 0 Å². The summed E-state index contributed by atoms with van der Waals surface area (Å²) >= 11 is 0. The normalized spacial score (nSPS) is 10.8. The number of hydrogen-bond donors (Lipinski definition) is 0. The molecule has 0 atom stereocenters. The van der Waals surface area contributed by atoms with Crippen molar-refractivity contribution in [1.82, 2.24) is 0 Å². The van der Waals surface area contributed by atoms with Gasteiger partial charge in [-0.3, -0.25) is 0 Å². The Kier molecular flexibility index (Phi) is 6.52. The summed E-state index contributed by atoms with van der Waals surface area (Å²) in [6, 6.07) is 0. The van der Waals surface area contributed by atoms with Gasteiger partial charge in [0.1, 0.15) is 0 Å². The minimum atomic E-state index is 1.24. The first-order valence-corrected chi connectivity index (χ1v) is 3.36. The zero-order chi connectivity index (χ0) is 6.24. The Hall–Kier alpha value is -0.260. The van der Waals surface area contributed by atoms with Gasteiger partial charge < -0.3 is 0 Å². The lowest BCUT2D eigenvalue weighted by Crippen LogP contribution is -1.70. The van der Waals surface area contributed by atoms with Gasteiger partial charge >= 0.3 is 0 Å². The summed E-state index contributed by atoms with van der Waals surface area (Å²) in [6.45, 7) is 4.26. The first-order valence-electron chi connectivity index (χ1n) is 3.36. The fourth-order valence-electron chi connectivity index (χ4n) is 0.554. The Bertz CT molecular complexity index is 53.1. The van der Waals surface area contributed by atoms with Crippen molar-refractivity contribution in [2.24, 2.45) is 0 Å². The Labute approximate surface area is 52.6 Å². The van der Waals surface area contributed by atoms with Gasteiger partial charge in [0.05, 0.1) is 0 Å². The molecule has 0 aliphatic rings. The molecule has 0 aliphatic carbocycles. The van der Waals surface area contributed by atoms with E-state index < -0.39 is 0 Å². The standard InChI is InChI=1S/C8H15/c1-3-5-7-8-6-4-2/h3,5,7H,4,6,8H2,1-2H3/b5-3+. The lowest BCUT2D eigenvalue weighted by atomic mass is 10.2. The lowest BCUT2D eigenvalue weighted by Gasteiger charge is -1.88. The second kappa shape index (κ2) is 6.74. The molecule has 0 aromatic carbocycles. The minimum Gasteiger partial charge on any atom is -0.0914 e. The van der Waals surface area contributed by atoms with Crippen molar-refractivity contribution in [3.63, 3.8) is 0 Å². The molecule has 0 bridgehead atoms. The maximum absolute atomic E-state index is 2.21. The highest BCUT2D eigenvalue weighted by molar-refractivity contribution is 4.91. The van der Waals surface area contributed by atoms with E-state index in [2.05, 4.69) is 25.5 Å². The van der Waals surface area contributed by atoms with E-state index in [4.69, 9.17) is 0 Å². The van der Waals surface area contributed by atoms with Gasteiger partial charge in [-0.15, -0.1) is 0 Å². The molecular formula is C8H15. The van der Waals surface area contributed by atoms with Gasteiger partial charge in [0.25, 0.3) is 0 Å². The molecule has 0 aromatic heterocycles. The molecule has 0 spiro atoms. The molecule has 0 saturated heterocycles. The third-order valence-electron chi connectivity index (χ3n) is 1.05. The van der Waals surface area contributed by atoms with Crippen molar-refractivity contribution in [2.75, 3.05) is 0 Å². The highest BCUT2D eigenvalue weighted by Gasteiger charge is 1.79. The van der Waals surface area contributed by atoms with Gasteiger partial charge in [-0.25, -0.2) is 0 Å². The molecule has 0 N–H and O–H groups in total. The third-order valence-corrected chi connectivity index (χ3v) is 1.05. The molecule has 0 nitrogen and oxygen atoms in total. The van der Waals surface area contributed by atoms with Gasteiger partial charge in [-0.05, 0) is 19.8 Å². The minimum absolute atomic E-state index is 1.24. The quantitative estimate of drug-likeness (QED) is 0.489. The van der Waals surface area contributed by atoms with Crippen LogP contribution in [0.3, 0.4) is 0 Å². The fourth-order valence-corrected chi connectivity index (χ4v) is 0.554. The molecule has 0 unspecified atom stereocenters. The molecule has 0 aromatic rings. The SMILES string of the molecule is C/C=C/[CH]CCCC. The first kappa shape index (κ1) is 7.74. The number of rotatable bonds is 4. The van der Waals surface area contributed by atoms with Gasteiger partial charge in [-0.1, -0.05) is 31.9 Å². The van der Waals surface area contributed by atoms with Crippen molar-refractivity contribution < 1.29 is 0 Å². The topological polar surface area (TPSA) is 0 Å². The number of allylic oxidation sites excluding steroid dienone is 2. The highest BCUT2D eigenvalue weighted by Crippen LogP contribution is 1.97. The number of unbranched alkanes of at least 4 members (excludes halogenated alkanes) is 3. The van der Waals surface area contributed by atoms with E-state index in [0.717, 1.165) is 0 Å². The highest BCUT2D eigenvalue weighted by atomic mass is 13.8. The van der Waals surface area contributed by atoms with Crippen LogP contribution in [-0.2, 0) is 0 Å². The Morgan fingerprint density at radius 1 is 1.38 bits per heavy atom. The van der Waals surface area contributed by atoms with E-state index in [1.807, 2.05) is 6.92 Å². The Morgan fingerprint density at radius 2 is 2.12 bits per heavy atom. The first-order chi connectivity index (χ1) is 3.91. The summed E-state index contributed by atoms with van der Waals surface area (Å²) in [5.41, 5.74) is 0. The molecule has 0 heterocycles. The second-order valence-electron chi connectivity index (χ2n) is 1.90. The van der Waals surface area contributed by atoms with Crippen LogP contribution in [0.4, 0.5) is 0 Å². The van der Waals surface area contributed by atoms with Crippen LogP contribution in [0, 0.1) is 6.42 Å². The fraction of sp³-hybridized carbons (Fsp3) is 0.625. The van der Waals surface area contributed by atoms with Crippen LogP contribution in [0.25, 0.3) is 0 Å². The average Bonchev–Trinajstić information content (AvgIpc) is 1.81. The van der Waals surface area contributed by atoms with Gasteiger partial charge in [0, 0.05) is 0 Å². The van der Waals surface area contributed by atoms with Crippen LogP contribution in [0.15, 0.2) is 12.2 Å². The molecule has 0 amide bonds. The van der Waals surface area contributed by atoms with Crippen molar-refractivity contribution in [3.05, 3.63) is 18.6 Å². The average molecular weight is 111 g/mol. The maximum Gasteiger partial charge on any atom is -0.0171 e. The summed E-state index contributed by atoms with van der Waals surface area (Å²) in [5, 5.41) is 0. The van der Waals surface area contributed by atoms with Gasteiger partial charge in [0.2, 0.25) is 0 Å². The summed E-state index contributed by atoms with van der Waals surface area (Å²) < 4.78 is 0. The van der Waals surface area contributed by atoms with Gasteiger partial charge in [0.15, 0.2) is 0 Å².